The summed E-state index contributed by atoms with van der Waals surface area (Å²) in [6.07, 6.45) is 1.87. The number of nitrogens with zero attached hydrogens (tertiary/aromatic N) is 1. The van der Waals surface area contributed by atoms with Crippen molar-refractivity contribution in [3.05, 3.63) is 70.8 Å². The van der Waals surface area contributed by atoms with E-state index in [2.05, 4.69) is 0 Å². The van der Waals surface area contributed by atoms with E-state index in [-0.39, 0.29) is 23.9 Å². The van der Waals surface area contributed by atoms with Crippen molar-refractivity contribution in [2.75, 3.05) is 20.8 Å². The fourth-order valence-electron chi connectivity index (χ4n) is 3.43. The number of carbonyl (C=O) groups excluding carboxylic acids is 3. The molecule has 0 aliphatic carbocycles. The Labute approximate surface area is 164 Å². The maximum Gasteiger partial charge on any atom is 0.337 e. The Morgan fingerprint density at radius 2 is 1.68 bits per heavy atom. The van der Waals surface area contributed by atoms with E-state index in [1.54, 1.807) is 43.5 Å². The third-order valence-corrected chi connectivity index (χ3v) is 4.93. The average molecular weight is 381 g/mol. The molecule has 1 aliphatic heterocycles. The van der Waals surface area contributed by atoms with Crippen LogP contribution in [0.3, 0.4) is 0 Å². The zero-order valence-corrected chi connectivity index (χ0v) is 16.0. The number of benzene rings is 2. The highest BCUT2D eigenvalue weighted by Gasteiger charge is 2.34. The zero-order valence-electron chi connectivity index (χ0n) is 16.0. The molecule has 1 unspecified atom stereocenters. The predicted molar refractivity (Wildman–Crippen MR) is 103 cm³/mol. The third-order valence-electron chi connectivity index (χ3n) is 4.93. The van der Waals surface area contributed by atoms with Gasteiger partial charge in [0, 0.05) is 13.7 Å². The highest BCUT2D eigenvalue weighted by molar-refractivity contribution is 6.21. The Balaban J connectivity index is 1.56. The first-order chi connectivity index (χ1) is 13.5. The Bertz CT molecular complexity index is 857. The van der Waals surface area contributed by atoms with Crippen molar-refractivity contribution >= 4 is 17.8 Å². The molecule has 0 aromatic heterocycles. The molecular weight excluding hydrogens is 358 g/mol. The molecule has 2 aromatic carbocycles. The highest BCUT2D eigenvalue weighted by Crippen LogP contribution is 2.23. The van der Waals surface area contributed by atoms with Crippen molar-refractivity contribution in [2.45, 2.75) is 25.4 Å². The first kappa shape index (κ1) is 19.8. The lowest BCUT2D eigenvalue weighted by Crippen LogP contribution is -2.31. The number of hydrogen-bond acceptors (Lipinski definition) is 5. The monoisotopic (exact) mass is 381 g/mol. The lowest BCUT2D eigenvalue weighted by molar-refractivity contribution is 0.0598. The second-order valence-electron chi connectivity index (χ2n) is 6.70. The summed E-state index contributed by atoms with van der Waals surface area (Å²) in [5.41, 5.74) is 2.40. The lowest BCUT2D eigenvalue weighted by atomic mass is 10.0. The molecule has 0 fully saturated rings. The van der Waals surface area contributed by atoms with Gasteiger partial charge in [0.1, 0.15) is 0 Å². The largest absolute Gasteiger partial charge is 0.465 e. The summed E-state index contributed by atoms with van der Waals surface area (Å²) in [6, 6.07) is 14.1. The van der Waals surface area contributed by atoms with Crippen LogP contribution in [0, 0.1) is 0 Å². The maximum atomic E-state index is 12.4. The van der Waals surface area contributed by atoms with Crippen LogP contribution in [0.5, 0.6) is 0 Å². The van der Waals surface area contributed by atoms with Crippen LogP contribution in [0.15, 0.2) is 48.5 Å². The van der Waals surface area contributed by atoms with Crippen molar-refractivity contribution in [3.8, 4) is 0 Å². The Kier molecular flexibility index (Phi) is 6.21. The van der Waals surface area contributed by atoms with Gasteiger partial charge in [0.2, 0.25) is 0 Å². The molecule has 2 amide bonds. The number of ether oxygens (including phenoxy) is 2. The molecule has 1 atom stereocenters. The van der Waals surface area contributed by atoms with Gasteiger partial charge in [0.15, 0.2) is 0 Å². The predicted octanol–water partition coefficient (Wildman–Crippen LogP) is 3.11. The van der Waals surface area contributed by atoms with E-state index >= 15 is 0 Å². The van der Waals surface area contributed by atoms with Crippen LogP contribution in [0.25, 0.3) is 0 Å². The molecule has 0 saturated carbocycles. The molecule has 0 saturated heterocycles. The number of carbonyl (C=O) groups is 3. The molecule has 28 heavy (non-hydrogen) atoms. The summed E-state index contributed by atoms with van der Waals surface area (Å²) >= 11 is 0. The van der Waals surface area contributed by atoms with Crippen molar-refractivity contribution in [1.29, 1.82) is 0 Å². The number of hydrogen-bond donors (Lipinski definition) is 0. The number of rotatable bonds is 8. The summed E-state index contributed by atoms with van der Waals surface area (Å²) in [6.45, 7) is 0.356. The molecule has 6 nitrogen and oxygen atoms in total. The van der Waals surface area contributed by atoms with Crippen LogP contribution >= 0.6 is 0 Å². The van der Waals surface area contributed by atoms with Gasteiger partial charge in [-0.1, -0.05) is 24.3 Å². The quantitative estimate of drug-likeness (QED) is 0.519. The van der Waals surface area contributed by atoms with Gasteiger partial charge in [0.05, 0.1) is 29.9 Å². The average Bonchev–Trinajstić information content (AvgIpc) is 2.97. The van der Waals surface area contributed by atoms with Crippen molar-refractivity contribution in [1.82, 2.24) is 4.90 Å². The van der Waals surface area contributed by atoms with Crippen molar-refractivity contribution in [2.24, 2.45) is 0 Å². The molecule has 0 bridgehead atoms. The number of amides is 2. The Morgan fingerprint density at radius 1 is 1.00 bits per heavy atom. The molecule has 2 aromatic rings. The standard InChI is InChI=1S/C22H23NO5/c1-27-17(14-15-7-5-8-16(13-15)22(26)28-2)9-6-12-23-20(24)18-10-3-4-11-19(18)21(23)25/h3-5,7-8,10-11,13,17H,6,9,12,14H2,1-2H3. The molecular formula is C22H23NO5. The van der Waals surface area contributed by atoms with Gasteiger partial charge in [-0.25, -0.2) is 4.79 Å². The minimum Gasteiger partial charge on any atom is -0.465 e. The minimum atomic E-state index is -0.374. The molecule has 6 heteroatoms. The molecule has 1 aliphatic rings. The van der Waals surface area contributed by atoms with E-state index in [0.29, 0.717) is 42.5 Å². The van der Waals surface area contributed by atoms with Crippen LogP contribution in [-0.2, 0) is 15.9 Å². The Morgan fingerprint density at radius 3 is 2.29 bits per heavy atom. The number of fused-ring (bicyclic) bond motifs is 1. The molecule has 0 spiro atoms. The highest BCUT2D eigenvalue weighted by atomic mass is 16.5. The van der Waals surface area contributed by atoms with Crippen LogP contribution in [0.2, 0.25) is 0 Å². The van der Waals surface area contributed by atoms with Crippen LogP contribution in [0.4, 0.5) is 0 Å². The normalized spacial score (nSPS) is 14.1. The summed E-state index contributed by atoms with van der Waals surface area (Å²) < 4.78 is 10.3. The lowest BCUT2D eigenvalue weighted by Gasteiger charge is -2.18. The van der Waals surface area contributed by atoms with E-state index in [9.17, 15) is 14.4 Å². The summed E-state index contributed by atoms with van der Waals surface area (Å²) in [5.74, 6) is -0.845. The minimum absolute atomic E-state index is 0.0805. The van der Waals surface area contributed by atoms with Crippen LogP contribution in [0.1, 0.15) is 49.5 Å². The zero-order chi connectivity index (χ0) is 20.1. The third kappa shape index (κ3) is 4.12. The second kappa shape index (κ2) is 8.80. The number of imide groups is 1. The second-order valence-corrected chi connectivity index (χ2v) is 6.70. The first-order valence-electron chi connectivity index (χ1n) is 9.20. The van der Waals surface area contributed by atoms with Crippen LogP contribution in [-0.4, -0.2) is 49.6 Å². The fraction of sp³-hybridized carbons (Fsp3) is 0.318. The van der Waals surface area contributed by atoms with E-state index in [1.165, 1.54) is 12.0 Å². The summed E-state index contributed by atoms with van der Waals surface area (Å²) in [5, 5.41) is 0. The summed E-state index contributed by atoms with van der Waals surface area (Å²) in [4.78, 5) is 37.8. The molecule has 0 radical (unpaired) electrons. The van der Waals surface area contributed by atoms with Gasteiger partial charge >= 0.3 is 5.97 Å². The Hall–Kier alpha value is -2.99. The maximum absolute atomic E-state index is 12.4. The number of methoxy groups -OCH3 is 2. The molecule has 1 heterocycles. The van der Waals surface area contributed by atoms with E-state index < -0.39 is 0 Å². The number of esters is 1. The van der Waals surface area contributed by atoms with E-state index in [1.807, 2.05) is 12.1 Å². The van der Waals surface area contributed by atoms with Gasteiger partial charge < -0.3 is 9.47 Å². The van der Waals surface area contributed by atoms with E-state index in [0.717, 1.165) is 5.56 Å². The topological polar surface area (TPSA) is 72.9 Å². The first-order valence-corrected chi connectivity index (χ1v) is 9.20. The molecule has 0 N–H and O–H groups in total. The smallest absolute Gasteiger partial charge is 0.337 e. The van der Waals surface area contributed by atoms with Gasteiger partial charge in [0.25, 0.3) is 11.8 Å². The summed E-state index contributed by atoms with van der Waals surface area (Å²) in [7, 11) is 2.99. The van der Waals surface area contributed by atoms with Gasteiger partial charge in [-0.3, -0.25) is 14.5 Å². The van der Waals surface area contributed by atoms with Crippen molar-refractivity contribution < 1.29 is 23.9 Å². The fourth-order valence-corrected chi connectivity index (χ4v) is 3.43. The van der Waals surface area contributed by atoms with Crippen LogP contribution < -0.4 is 0 Å². The molecule has 3 rings (SSSR count). The van der Waals surface area contributed by atoms with Crippen molar-refractivity contribution in [3.63, 3.8) is 0 Å². The molecule has 146 valence electrons. The van der Waals surface area contributed by atoms with Gasteiger partial charge in [-0.2, -0.15) is 0 Å². The van der Waals surface area contributed by atoms with Gasteiger partial charge in [-0.15, -0.1) is 0 Å². The SMILES string of the molecule is COC(=O)c1cccc(CC(CCCN2C(=O)c3ccccc3C2=O)OC)c1. The van der Waals surface area contributed by atoms with E-state index in [4.69, 9.17) is 9.47 Å². The van der Waals surface area contributed by atoms with Gasteiger partial charge in [-0.05, 0) is 49.1 Å².